The van der Waals surface area contributed by atoms with Gasteiger partial charge in [0.05, 0.1) is 106 Å². The normalized spacial score (nSPS) is 12.2. The number of carbonyl (C=O) groups is 8. The fraction of sp³-hybridized carbons (Fsp3) is 0.441. The van der Waals surface area contributed by atoms with Crippen LogP contribution in [0.1, 0.15) is 346 Å². The number of carbonyl (C=O) groups excluding carboxylic acids is 8. The summed E-state index contributed by atoms with van der Waals surface area (Å²) in [5.74, 6) is 50.8. The molecule has 4 aliphatic rings. The summed E-state index contributed by atoms with van der Waals surface area (Å²) in [4.78, 5) is 112. The number of amides is 6. The van der Waals surface area contributed by atoms with Crippen molar-refractivity contribution in [2.45, 2.75) is 287 Å². The minimum atomic E-state index is -0.863. The van der Waals surface area contributed by atoms with Crippen LogP contribution in [-0.4, -0.2) is 125 Å². The van der Waals surface area contributed by atoms with E-state index in [1.165, 1.54) is 79.1 Å². The minimum absolute atomic E-state index is 0.00825. The molecule has 0 radical (unpaired) electrons. The molecule has 0 unspecified atom stereocenters. The van der Waals surface area contributed by atoms with Gasteiger partial charge in [0.2, 0.25) is 11.8 Å². The molecule has 4 aliphatic heterocycles. The second-order valence-corrected chi connectivity index (χ2v) is 41.2. The lowest BCUT2D eigenvalue weighted by Gasteiger charge is -2.20. The Morgan fingerprint density at radius 3 is 0.705 bits per heavy atom. The highest BCUT2D eigenvalue weighted by atomic mass is 127. The van der Waals surface area contributed by atoms with E-state index in [-0.39, 0.29) is 203 Å². The summed E-state index contributed by atoms with van der Waals surface area (Å²) in [6, 6.07) is 23.8. The van der Waals surface area contributed by atoms with E-state index in [0.29, 0.717) is 53.4 Å². The zero-order valence-electron chi connectivity index (χ0n) is 87.2. The van der Waals surface area contributed by atoms with Gasteiger partial charge in [-0.25, -0.2) is 28.8 Å². The van der Waals surface area contributed by atoms with Crippen LogP contribution in [0.3, 0.4) is 0 Å². The Morgan fingerprint density at radius 2 is 0.479 bits per heavy atom. The molecule has 28 heteroatoms. The molecular weight excluding hydrogens is 2080 g/mol. The first-order valence-electron chi connectivity index (χ1n) is 49.5. The van der Waals surface area contributed by atoms with Gasteiger partial charge in [0.1, 0.15) is 71.8 Å². The SMILES string of the molecule is CCCCCCCCCCCC(=O)NCc1cc2c3c(c1)C#Cc1cc(CNC(=O)OC(C)(C)C)cc(c1OC)C#CC#Cc1cc(CNC(=O)OC(C)(C)C)cc(c1OC)C#Cc1cc(CNC(=O)CCCCCCCCCCC)cc(c1OCCOC(=O)c1cc(I)c(cc1I)C(=O)OCCO3)C#Cc1cc(CNC(=O)OC(C)(C)C)cc(c1OC)C#CC#Cc1cc(CNC(=O)OC(C)(C)C)cc(c1OC)C#C2. The number of rotatable bonds is 36. The Balaban J connectivity index is 1.41. The highest BCUT2D eigenvalue weighted by Crippen LogP contribution is 2.36. The van der Waals surface area contributed by atoms with Crippen molar-refractivity contribution < 1.29 is 95.2 Å². The van der Waals surface area contributed by atoms with Crippen molar-refractivity contribution in [3.63, 3.8) is 0 Å². The van der Waals surface area contributed by atoms with Crippen LogP contribution < -0.4 is 60.3 Å². The van der Waals surface area contributed by atoms with Crippen molar-refractivity contribution >= 4 is 93.3 Å². The third kappa shape index (κ3) is 39.6. The van der Waals surface area contributed by atoms with E-state index in [9.17, 15) is 38.4 Å². The van der Waals surface area contributed by atoms with Gasteiger partial charge in [-0.2, -0.15) is 0 Å². The van der Waals surface area contributed by atoms with Gasteiger partial charge >= 0.3 is 36.3 Å². The Labute approximate surface area is 888 Å². The van der Waals surface area contributed by atoms with E-state index in [1.807, 2.05) is 45.2 Å². The first kappa shape index (κ1) is 116. The molecule has 146 heavy (non-hydrogen) atoms. The number of fused-ring (bicyclic) bond motifs is 2. The zero-order chi connectivity index (χ0) is 106. The summed E-state index contributed by atoms with van der Waals surface area (Å²) < 4.78 is 74.4. The quantitative estimate of drug-likeness (QED) is 0.00699. The molecule has 26 nitrogen and oxygen atoms in total. The summed E-state index contributed by atoms with van der Waals surface area (Å²) in [6.45, 7) is 23.7. The largest absolute Gasteiger partial charge is 0.494 e. The van der Waals surface area contributed by atoms with Gasteiger partial charge in [-0.15, -0.1) is 0 Å². The van der Waals surface area contributed by atoms with E-state index < -0.39 is 58.7 Å². The molecule has 12 bridgehead atoms. The highest BCUT2D eigenvalue weighted by Gasteiger charge is 2.27. The molecule has 6 amide bonds. The maximum absolute atomic E-state index is 14.6. The van der Waals surface area contributed by atoms with Gasteiger partial charge in [-0.3, -0.25) is 9.59 Å². The molecule has 0 aliphatic carbocycles. The fourth-order valence-corrected chi connectivity index (χ4v) is 16.7. The number of esters is 2. The number of unbranched alkanes of at least 4 members (excludes halogenated alkanes) is 16. The number of hydrogen-bond acceptors (Lipinski definition) is 20. The zero-order valence-corrected chi connectivity index (χ0v) is 91.5. The topological polar surface area (TPSA) is 320 Å². The van der Waals surface area contributed by atoms with Gasteiger partial charge in [-0.1, -0.05) is 164 Å². The van der Waals surface area contributed by atoms with Crippen molar-refractivity contribution in [2.75, 3.05) is 54.9 Å². The van der Waals surface area contributed by atoms with Crippen molar-refractivity contribution in [1.82, 2.24) is 31.9 Å². The molecule has 0 atom stereocenters. The molecule has 11 rings (SSSR count). The van der Waals surface area contributed by atoms with Crippen LogP contribution in [0, 0.1) is 102 Å². The minimum Gasteiger partial charge on any atom is -0.494 e. The molecule has 0 saturated heterocycles. The van der Waals surface area contributed by atoms with Gasteiger partial charge < -0.3 is 88.7 Å². The van der Waals surface area contributed by atoms with E-state index in [1.54, 1.807) is 156 Å². The van der Waals surface area contributed by atoms with E-state index >= 15 is 0 Å². The molecule has 6 N–H and O–H groups in total. The number of halogens is 2. The van der Waals surface area contributed by atoms with Crippen LogP contribution in [0.25, 0.3) is 0 Å². The van der Waals surface area contributed by atoms with Crippen LogP contribution in [0.4, 0.5) is 19.2 Å². The average molecular weight is 2210 g/mol. The predicted molar refractivity (Wildman–Crippen MR) is 579 cm³/mol. The van der Waals surface area contributed by atoms with Gasteiger partial charge in [0, 0.05) is 59.3 Å². The second kappa shape index (κ2) is 57.8. The van der Waals surface area contributed by atoms with E-state index in [4.69, 9.17) is 56.8 Å². The Kier molecular flexibility index (Phi) is 45.9. The number of hydrogen-bond donors (Lipinski definition) is 6. The molecule has 0 aromatic heterocycles. The third-order valence-electron chi connectivity index (χ3n) is 21.9. The fourth-order valence-electron chi connectivity index (χ4n) is 15.3. The average Bonchev–Trinajstić information content (AvgIpc) is 0.804. The maximum atomic E-state index is 14.6. The Hall–Kier alpha value is -13.8. The van der Waals surface area contributed by atoms with E-state index in [2.05, 4.69) is 140 Å². The Bertz CT molecular complexity index is 5770. The molecule has 0 saturated carbocycles. The number of alkyl carbamates (subject to hydrolysis) is 4. The smallest absolute Gasteiger partial charge is 0.407 e. The van der Waals surface area contributed by atoms with E-state index in [0.717, 1.165) is 64.2 Å². The highest BCUT2D eigenvalue weighted by molar-refractivity contribution is 14.1. The van der Waals surface area contributed by atoms with Crippen LogP contribution in [0.5, 0.6) is 34.5 Å². The van der Waals surface area contributed by atoms with Crippen molar-refractivity contribution in [1.29, 1.82) is 0 Å². The maximum Gasteiger partial charge on any atom is 0.407 e. The van der Waals surface area contributed by atoms with Crippen molar-refractivity contribution in [3.8, 4) is 129 Å². The molecular formula is C118H134I2N6O20. The number of ether oxygens (including phenoxy) is 12. The summed E-state index contributed by atoms with van der Waals surface area (Å²) in [7, 11) is 5.83. The third-order valence-corrected chi connectivity index (χ3v) is 23.7. The number of benzene rings is 7. The summed E-state index contributed by atoms with van der Waals surface area (Å²) >= 11 is 3.93. The molecule has 0 spiro atoms. The lowest BCUT2D eigenvalue weighted by molar-refractivity contribution is -0.122. The monoisotopic (exact) mass is 2210 g/mol. The molecule has 4 heterocycles. The number of methoxy groups -OCH3 is 4. The van der Waals surface area contributed by atoms with Crippen LogP contribution in [-0.2, 0) is 77.3 Å². The molecule has 0 fully saturated rings. The van der Waals surface area contributed by atoms with Gasteiger partial charge in [0.15, 0.2) is 11.5 Å². The lowest BCUT2D eigenvalue weighted by Crippen LogP contribution is -2.32. The lowest BCUT2D eigenvalue weighted by atomic mass is 10.00. The molecule has 7 aromatic rings. The number of nitrogens with one attached hydrogen (secondary N) is 6. The summed E-state index contributed by atoms with van der Waals surface area (Å²) in [6.07, 6.45) is 16.8. The summed E-state index contributed by atoms with van der Waals surface area (Å²) in [5, 5.41) is 17.7. The first-order valence-corrected chi connectivity index (χ1v) is 51.7. The van der Waals surface area contributed by atoms with Crippen LogP contribution in [0.2, 0.25) is 0 Å². The second-order valence-electron chi connectivity index (χ2n) is 38.8. The molecule has 7 aromatic carbocycles. The summed E-state index contributed by atoms with van der Waals surface area (Å²) in [5.41, 5.74) is 2.89. The standard InChI is InChI=1S/C118H134I2N6O20/c1-19-21-23-25-27-29-31-33-35-45-101(127)121-73-79-67-93-51-47-89-63-81(75-123-111(131)143-115(3,4)5)59-85(103(89)135-15)41-37-39-43-87-61-83(77-125-113(133)145-117(9,10)11)65-91(105(87)137-17)49-53-95-69-80(74-122-102(128)46-36-34-32-30-28-26-24-22-20-2)70-96-54-50-92-66-84(78-126-114(134)146-118(12,13)14)62-88(106(92)138-18)44-40-38-42-86-60-82(76-124-112(132)144-116(6,7)8)64-90(104(86)136-16)48-52-94(68-79)107(93)139-55-57-141-109(129)97-71-100(120)98(72-99(97)119)110(130)142-58-56-140-108(95)96/h59-72H,19-36,45-46,55-58,73-78H2,1-18H3,(H,121,127)(H,122,128)(H,123,131)(H,124,132)(H,125,133)(H,126,134). The first-order chi connectivity index (χ1) is 69.7. The Morgan fingerprint density at radius 1 is 0.281 bits per heavy atom. The van der Waals surface area contributed by atoms with Gasteiger partial charge in [-0.05, 0) is 307 Å². The van der Waals surface area contributed by atoms with Crippen LogP contribution >= 0.6 is 45.2 Å². The van der Waals surface area contributed by atoms with Crippen LogP contribution in [0.15, 0.2) is 84.9 Å². The molecule has 770 valence electrons. The van der Waals surface area contributed by atoms with Crippen molar-refractivity contribution in [3.05, 3.63) is 203 Å². The predicted octanol–water partition coefficient (Wildman–Crippen LogP) is 21.6. The van der Waals surface area contributed by atoms with Crippen molar-refractivity contribution in [2.24, 2.45) is 0 Å². The van der Waals surface area contributed by atoms with Gasteiger partial charge in [0.25, 0.3) is 0 Å².